The Hall–Kier alpha value is -0.750. The van der Waals surface area contributed by atoms with Crippen molar-refractivity contribution in [3.8, 4) is 0 Å². The normalized spacial score (nSPS) is 12.1. The monoisotopic (exact) mass is 233 g/mol. The van der Waals surface area contributed by atoms with Crippen LogP contribution in [-0.4, -0.2) is 34.6 Å². The molecule has 0 radical (unpaired) electrons. The SMILES string of the molecule is CCSC(=N)NCCCC[C@H](N)C(=O)O. The van der Waals surface area contributed by atoms with E-state index < -0.39 is 12.0 Å². The van der Waals surface area contributed by atoms with Gasteiger partial charge in [0.1, 0.15) is 6.04 Å². The standard InChI is InChI=1S/C9H19N3O2S/c1-2-15-9(11)12-6-4-3-5-7(10)8(13)14/h7H,2-6,10H2,1H3,(H2,11,12)(H,13,14)/t7-/m0/s1. The first-order chi connectivity index (χ1) is 7.07. The molecular formula is C9H19N3O2S. The number of unbranched alkanes of at least 4 members (excludes halogenated alkanes) is 1. The summed E-state index contributed by atoms with van der Waals surface area (Å²) in [6.45, 7) is 2.70. The van der Waals surface area contributed by atoms with E-state index in [4.69, 9.17) is 16.2 Å². The molecule has 0 unspecified atom stereocenters. The van der Waals surface area contributed by atoms with Crippen molar-refractivity contribution in [2.75, 3.05) is 12.3 Å². The third-order valence-electron chi connectivity index (χ3n) is 1.83. The van der Waals surface area contributed by atoms with Gasteiger partial charge in [-0.1, -0.05) is 18.7 Å². The molecule has 5 nitrogen and oxygen atoms in total. The summed E-state index contributed by atoms with van der Waals surface area (Å²) in [7, 11) is 0. The topological polar surface area (TPSA) is 99.2 Å². The highest BCUT2D eigenvalue weighted by Gasteiger charge is 2.09. The summed E-state index contributed by atoms with van der Waals surface area (Å²) in [6.07, 6.45) is 2.10. The molecule has 5 N–H and O–H groups in total. The van der Waals surface area contributed by atoms with Crippen molar-refractivity contribution >= 4 is 22.9 Å². The van der Waals surface area contributed by atoms with Crippen LogP contribution in [-0.2, 0) is 4.79 Å². The number of carbonyl (C=O) groups is 1. The van der Waals surface area contributed by atoms with Crippen LogP contribution in [0.3, 0.4) is 0 Å². The summed E-state index contributed by atoms with van der Waals surface area (Å²) >= 11 is 1.45. The molecule has 0 aliphatic rings. The van der Waals surface area contributed by atoms with Crippen molar-refractivity contribution in [2.24, 2.45) is 5.73 Å². The van der Waals surface area contributed by atoms with Crippen LogP contribution < -0.4 is 11.1 Å². The van der Waals surface area contributed by atoms with Gasteiger partial charge >= 0.3 is 5.97 Å². The lowest BCUT2D eigenvalue weighted by molar-refractivity contribution is -0.138. The molecule has 0 rings (SSSR count). The molecule has 0 aromatic carbocycles. The third-order valence-corrected chi connectivity index (χ3v) is 2.56. The van der Waals surface area contributed by atoms with Gasteiger partial charge in [0, 0.05) is 6.54 Å². The number of rotatable bonds is 7. The quantitative estimate of drug-likeness (QED) is 0.297. The predicted octanol–water partition coefficient (Wildman–Crippen LogP) is 0.846. The molecule has 88 valence electrons. The smallest absolute Gasteiger partial charge is 0.320 e. The number of aliphatic carboxylic acids is 1. The first kappa shape index (κ1) is 14.2. The molecule has 0 saturated carbocycles. The van der Waals surface area contributed by atoms with Gasteiger partial charge in [0.2, 0.25) is 0 Å². The number of carboxylic acids is 1. The molecule has 0 heterocycles. The molecule has 6 heteroatoms. The predicted molar refractivity (Wildman–Crippen MR) is 63.3 cm³/mol. The highest BCUT2D eigenvalue weighted by Crippen LogP contribution is 2.00. The zero-order valence-electron chi connectivity index (χ0n) is 8.95. The Morgan fingerprint density at radius 3 is 2.80 bits per heavy atom. The van der Waals surface area contributed by atoms with Crippen molar-refractivity contribution in [1.82, 2.24) is 5.32 Å². The maximum atomic E-state index is 10.4. The van der Waals surface area contributed by atoms with E-state index in [1.807, 2.05) is 6.92 Å². The van der Waals surface area contributed by atoms with Gasteiger partial charge in [0.05, 0.1) is 0 Å². The Morgan fingerprint density at radius 2 is 2.27 bits per heavy atom. The molecule has 0 aliphatic heterocycles. The van der Waals surface area contributed by atoms with Crippen LogP contribution in [0.2, 0.25) is 0 Å². The van der Waals surface area contributed by atoms with Gasteiger partial charge in [-0.05, 0) is 25.0 Å². The fraction of sp³-hybridized carbons (Fsp3) is 0.778. The van der Waals surface area contributed by atoms with Crippen molar-refractivity contribution in [1.29, 1.82) is 5.41 Å². The summed E-state index contributed by atoms with van der Waals surface area (Å²) in [4.78, 5) is 10.4. The first-order valence-electron chi connectivity index (χ1n) is 5.01. The second kappa shape index (κ2) is 8.55. The molecular weight excluding hydrogens is 214 g/mol. The second-order valence-electron chi connectivity index (χ2n) is 3.13. The molecule has 0 amide bonds. The zero-order chi connectivity index (χ0) is 11.7. The van der Waals surface area contributed by atoms with E-state index in [0.29, 0.717) is 18.1 Å². The van der Waals surface area contributed by atoms with Crippen LogP contribution in [0.25, 0.3) is 0 Å². The van der Waals surface area contributed by atoms with Gasteiger partial charge in [-0.2, -0.15) is 0 Å². The Labute approximate surface area is 94.3 Å². The lowest BCUT2D eigenvalue weighted by Gasteiger charge is -2.07. The largest absolute Gasteiger partial charge is 0.480 e. The molecule has 1 atom stereocenters. The van der Waals surface area contributed by atoms with E-state index in [1.165, 1.54) is 11.8 Å². The van der Waals surface area contributed by atoms with E-state index in [0.717, 1.165) is 18.6 Å². The van der Waals surface area contributed by atoms with Crippen LogP contribution in [0.5, 0.6) is 0 Å². The zero-order valence-corrected chi connectivity index (χ0v) is 9.77. The van der Waals surface area contributed by atoms with Crippen molar-refractivity contribution < 1.29 is 9.90 Å². The number of hydrogen-bond donors (Lipinski definition) is 4. The highest BCUT2D eigenvalue weighted by molar-refractivity contribution is 8.13. The average Bonchev–Trinajstić information content (AvgIpc) is 2.17. The Morgan fingerprint density at radius 1 is 1.60 bits per heavy atom. The van der Waals surface area contributed by atoms with Crippen molar-refractivity contribution in [3.05, 3.63) is 0 Å². The molecule has 0 spiro atoms. The van der Waals surface area contributed by atoms with Crippen LogP contribution in [0.15, 0.2) is 0 Å². The number of amidine groups is 1. The van der Waals surface area contributed by atoms with E-state index in [2.05, 4.69) is 5.32 Å². The minimum Gasteiger partial charge on any atom is -0.480 e. The number of nitrogens with one attached hydrogen (secondary N) is 2. The fourth-order valence-electron chi connectivity index (χ4n) is 1.01. The van der Waals surface area contributed by atoms with Gasteiger partial charge in [-0.3, -0.25) is 10.2 Å². The average molecular weight is 233 g/mol. The lowest BCUT2D eigenvalue weighted by atomic mass is 10.1. The van der Waals surface area contributed by atoms with Crippen molar-refractivity contribution in [3.63, 3.8) is 0 Å². The maximum Gasteiger partial charge on any atom is 0.320 e. The first-order valence-corrected chi connectivity index (χ1v) is 6.00. The summed E-state index contributed by atoms with van der Waals surface area (Å²) in [5.41, 5.74) is 5.34. The van der Waals surface area contributed by atoms with E-state index in [9.17, 15) is 4.79 Å². The van der Waals surface area contributed by atoms with Crippen LogP contribution in [0.1, 0.15) is 26.2 Å². The van der Waals surface area contributed by atoms with Gasteiger partial charge < -0.3 is 16.2 Å². The minimum atomic E-state index is -0.947. The third kappa shape index (κ3) is 8.26. The molecule has 0 aliphatic carbocycles. The van der Waals surface area contributed by atoms with Gasteiger partial charge in [0.15, 0.2) is 5.17 Å². The van der Waals surface area contributed by atoms with E-state index in [1.54, 1.807) is 0 Å². The number of thioether (sulfide) groups is 1. The lowest BCUT2D eigenvalue weighted by Crippen LogP contribution is -2.30. The summed E-state index contributed by atoms with van der Waals surface area (Å²) < 4.78 is 0. The molecule has 0 aromatic rings. The second-order valence-corrected chi connectivity index (χ2v) is 4.40. The Balaban J connectivity index is 3.32. The Bertz CT molecular complexity index is 212. The Kier molecular flexibility index (Phi) is 8.12. The molecule has 0 saturated heterocycles. The molecule has 0 aromatic heterocycles. The van der Waals surface area contributed by atoms with Crippen LogP contribution >= 0.6 is 11.8 Å². The van der Waals surface area contributed by atoms with Crippen molar-refractivity contribution in [2.45, 2.75) is 32.2 Å². The van der Waals surface area contributed by atoms with Gasteiger partial charge in [-0.15, -0.1) is 0 Å². The van der Waals surface area contributed by atoms with E-state index >= 15 is 0 Å². The van der Waals surface area contributed by atoms with Crippen LogP contribution in [0, 0.1) is 5.41 Å². The van der Waals surface area contributed by atoms with Gasteiger partial charge in [-0.25, -0.2) is 0 Å². The molecule has 15 heavy (non-hydrogen) atoms. The summed E-state index contributed by atoms with van der Waals surface area (Å²) in [5, 5.41) is 19.3. The maximum absolute atomic E-state index is 10.4. The van der Waals surface area contributed by atoms with Crippen LogP contribution in [0.4, 0.5) is 0 Å². The highest BCUT2D eigenvalue weighted by atomic mass is 32.2. The number of hydrogen-bond acceptors (Lipinski definition) is 4. The fourth-order valence-corrected chi connectivity index (χ4v) is 1.50. The minimum absolute atomic E-state index is 0.472. The summed E-state index contributed by atoms with van der Waals surface area (Å²) in [6, 6.07) is -0.755. The number of carboxylic acid groups (broad SMARTS) is 1. The van der Waals surface area contributed by atoms with E-state index in [-0.39, 0.29) is 0 Å². The molecule has 0 fully saturated rings. The molecule has 0 bridgehead atoms. The summed E-state index contributed by atoms with van der Waals surface area (Å²) in [5.74, 6) is -0.0624. The van der Waals surface area contributed by atoms with Gasteiger partial charge in [0.25, 0.3) is 0 Å². The number of nitrogens with two attached hydrogens (primary N) is 1.